The van der Waals surface area contributed by atoms with E-state index >= 15 is 0 Å². The Balaban J connectivity index is 3.15. The van der Waals surface area contributed by atoms with Gasteiger partial charge in [-0.05, 0) is 25.1 Å². The largest absolute Gasteiger partial charge is 0.478 e. The molecule has 0 aliphatic carbocycles. The SMILES string of the molecule is CC(N)C(=O)Nc1cc(C(=O)O)cc(C(=O)O)c1. The van der Waals surface area contributed by atoms with Crippen molar-refractivity contribution in [3.05, 3.63) is 29.3 Å². The van der Waals surface area contributed by atoms with Gasteiger partial charge in [0.1, 0.15) is 0 Å². The first-order valence-corrected chi connectivity index (χ1v) is 4.99. The van der Waals surface area contributed by atoms with E-state index in [4.69, 9.17) is 15.9 Å². The van der Waals surface area contributed by atoms with Crippen LogP contribution in [0.4, 0.5) is 5.69 Å². The molecule has 1 atom stereocenters. The molecule has 0 bridgehead atoms. The van der Waals surface area contributed by atoms with E-state index < -0.39 is 23.9 Å². The number of nitrogens with one attached hydrogen (secondary N) is 1. The summed E-state index contributed by atoms with van der Waals surface area (Å²) in [4.78, 5) is 33.0. The lowest BCUT2D eigenvalue weighted by Gasteiger charge is -2.09. The summed E-state index contributed by atoms with van der Waals surface area (Å²) < 4.78 is 0. The molecule has 5 N–H and O–H groups in total. The average molecular weight is 252 g/mol. The summed E-state index contributed by atoms with van der Waals surface area (Å²) in [6, 6.07) is 2.54. The predicted octanol–water partition coefficient (Wildman–Crippen LogP) is 0.369. The molecule has 1 rings (SSSR count). The molecule has 0 aromatic heterocycles. The highest BCUT2D eigenvalue weighted by Crippen LogP contribution is 2.15. The zero-order chi connectivity index (χ0) is 13.9. The maximum atomic E-state index is 11.3. The van der Waals surface area contributed by atoms with Gasteiger partial charge in [-0.2, -0.15) is 0 Å². The lowest BCUT2D eigenvalue weighted by atomic mass is 10.1. The van der Waals surface area contributed by atoms with Gasteiger partial charge in [-0.25, -0.2) is 9.59 Å². The van der Waals surface area contributed by atoms with Crippen molar-refractivity contribution < 1.29 is 24.6 Å². The second kappa shape index (κ2) is 5.28. The molecule has 0 aliphatic heterocycles. The molecule has 0 heterocycles. The molecule has 1 amide bonds. The molecule has 0 radical (unpaired) electrons. The first-order valence-electron chi connectivity index (χ1n) is 4.99. The summed E-state index contributed by atoms with van der Waals surface area (Å²) >= 11 is 0. The van der Waals surface area contributed by atoms with Crippen molar-refractivity contribution in [1.82, 2.24) is 0 Å². The molecule has 96 valence electrons. The summed E-state index contributed by atoms with van der Waals surface area (Å²) in [6.45, 7) is 1.45. The number of carboxylic acid groups (broad SMARTS) is 2. The number of aromatic carboxylic acids is 2. The van der Waals surface area contributed by atoms with Crippen molar-refractivity contribution in [1.29, 1.82) is 0 Å². The van der Waals surface area contributed by atoms with Gasteiger partial charge < -0.3 is 21.3 Å². The van der Waals surface area contributed by atoms with Crippen molar-refractivity contribution in [2.24, 2.45) is 5.73 Å². The van der Waals surface area contributed by atoms with E-state index in [1.807, 2.05) is 0 Å². The Bertz CT molecular complexity index is 478. The minimum Gasteiger partial charge on any atom is -0.478 e. The van der Waals surface area contributed by atoms with Crippen LogP contribution in [0.2, 0.25) is 0 Å². The highest BCUT2D eigenvalue weighted by molar-refractivity contribution is 5.99. The summed E-state index contributed by atoms with van der Waals surface area (Å²) in [5.74, 6) is -3.10. The first kappa shape index (κ1) is 13.7. The predicted molar refractivity (Wildman–Crippen MR) is 62.6 cm³/mol. The lowest BCUT2D eigenvalue weighted by molar-refractivity contribution is -0.117. The lowest BCUT2D eigenvalue weighted by Crippen LogP contribution is -2.32. The van der Waals surface area contributed by atoms with E-state index in [1.165, 1.54) is 6.92 Å². The Kier molecular flexibility index (Phi) is 4.01. The van der Waals surface area contributed by atoms with E-state index in [0.717, 1.165) is 18.2 Å². The Morgan fingerprint density at radius 3 is 1.89 bits per heavy atom. The van der Waals surface area contributed by atoms with Gasteiger partial charge in [-0.15, -0.1) is 0 Å². The van der Waals surface area contributed by atoms with E-state index in [1.54, 1.807) is 0 Å². The van der Waals surface area contributed by atoms with Gasteiger partial charge in [0.15, 0.2) is 0 Å². The Hall–Kier alpha value is -2.41. The van der Waals surface area contributed by atoms with Crippen LogP contribution in [0.5, 0.6) is 0 Å². The fourth-order valence-electron chi connectivity index (χ4n) is 1.20. The van der Waals surface area contributed by atoms with Crippen LogP contribution in [0.15, 0.2) is 18.2 Å². The number of benzene rings is 1. The summed E-state index contributed by atoms with van der Waals surface area (Å²) in [5, 5.41) is 20.0. The van der Waals surface area contributed by atoms with Crippen LogP contribution in [-0.2, 0) is 4.79 Å². The number of hydrogen-bond acceptors (Lipinski definition) is 4. The average Bonchev–Trinajstić information content (AvgIpc) is 2.28. The fourth-order valence-corrected chi connectivity index (χ4v) is 1.20. The molecule has 0 aliphatic rings. The molecular weight excluding hydrogens is 240 g/mol. The van der Waals surface area contributed by atoms with E-state index in [9.17, 15) is 14.4 Å². The third-order valence-corrected chi connectivity index (χ3v) is 2.11. The molecule has 1 aromatic carbocycles. The molecular formula is C11H12N2O5. The standard InChI is InChI=1S/C11H12N2O5/c1-5(12)9(14)13-8-3-6(10(15)16)2-7(4-8)11(17)18/h2-5H,12H2,1H3,(H,13,14)(H,15,16)(H,17,18). The van der Waals surface area contributed by atoms with Gasteiger partial charge in [-0.1, -0.05) is 0 Å². The molecule has 18 heavy (non-hydrogen) atoms. The maximum absolute atomic E-state index is 11.3. The van der Waals surface area contributed by atoms with E-state index in [-0.39, 0.29) is 16.8 Å². The minimum atomic E-state index is -1.28. The number of rotatable bonds is 4. The number of amides is 1. The van der Waals surface area contributed by atoms with Crippen molar-refractivity contribution in [3.63, 3.8) is 0 Å². The van der Waals surface area contributed by atoms with Crippen LogP contribution >= 0.6 is 0 Å². The third-order valence-electron chi connectivity index (χ3n) is 2.11. The van der Waals surface area contributed by atoms with Gasteiger partial charge in [0, 0.05) is 5.69 Å². The number of carboxylic acids is 2. The second-order valence-electron chi connectivity index (χ2n) is 3.69. The molecule has 0 spiro atoms. The number of carbonyl (C=O) groups excluding carboxylic acids is 1. The molecule has 1 unspecified atom stereocenters. The maximum Gasteiger partial charge on any atom is 0.335 e. The second-order valence-corrected chi connectivity index (χ2v) is 3.69. The fraction of sp³-hybridized carbons (Fsp3) is 0.182. The molecule has 7 nitrogen and oxygen atoms in total. The number of hydrogen-bond donors (Lipinski definition) is 4. The topological polar surface area (TPSA) is 130 Å². The smallest absolute Gasteiger partial charge is 0.335 e. The highest BCUT2D eigenvalue weighted by Gasteiger charge is 2.14. The molecule has 0 saturated heterocycles. The van der Waals surface area contributed by atoms with Gasteiger partial charge in [0.25, 0.3) is 0 Å². The summed E-state index contributed by atoms with van der Waals surface area (Å²) in [6.07, 6.45) is 0. The van der Waals surface area contributed by atoms with Crippen molar-refractivity contribution in [2.75, 3.05) is 5.32 Å². The quantitative estimate of drug-likeness (QED) is 0.612. The monoisotopic (exact) mass is 252 g/mol. The number of anilines is 1. The van der Waals surface area contributed by atoms with Crippen molar-refractivity contribution in [3.8, 4) is 0 Å². The normalized spacial score (nSPS) is 11.7. The summed E-state index contributed by atoms with van der Waals surface area (Å²) in [7, 11) is 0. The Labute approximate surface area is 102 Å². The molecule has 7 heteroatoms. The minimum absolute atomic E-state index is 0.0783. The van der Waals surface area contributed by atoms with Crippen LogP contribution in [0.1, 0.15) is 27.6 Å². The number of nitrogens with two attached hydrogens (primary N) is 1. The Morgan fingerprint density at radius 1 is 1.11 bits per heavy atom. The zero-order valence-electron chi connectivity index (χ0n) is 9.51. The first-order chi connectivity index (χ1) is 8.31. The molecule has 1 aromatic rings. The van der Waals surface area contributed by atoms with E-state index in [0.29, 0.717) is 0 Å². The third kappa shape index (κ3) is 3.29. The Morgan fingerprint density at radius 2 is 1.56 bits per heavy atom. The van der Waals surface area contributed by atoms with Gasteiger partial charge in [-0.3, -0.25) is 4.79 Å². The van der Waals surface area contributed by atoms with Crippen LogP contribution < -0.4 is 11.1 Å². The highest BCUT2D eigenvalue weighted by atomic mass is 16.4. The summed E-state index contributed by atoms with van der Waals surface area (Å²) in [5.41, 5.74) is 4.96. The van der Waals surface area contributed by atoms with Crippen LogP contribution in [0.3, 0.4) is 0 Å². The molecule has 0 saturated carbocycles. The molecule has 0 fully saturated rings. The van der Waals surface area contributed by atoms with E-state index in [2.05, 4.69) is 5.32 Å². The van der Waals surface area contributed by atoms with Gasteiger partial charge >= 0.3 is 11.9 Å². The zero-order valence-corrected chi connectivity index (χ0v) is 9.51. The van der Waals surface area contributed by atoms with Crippen LogP contribution in [0.25, 0.3) is 0 Å². The van der Waals surface area contributed by atoms with Gasteiger partial charge in [0.2, 0.25) is 5.91 Å². The van der Waals surface area contributed by atoms with Crippen molar-refractivity contribution in [2.45, 2.75) is 13.0 Å². The van der Waals surface area contributed by atoms with Crippen LogP contribution in [-0.4, -0.2) is 34.1 Å². The van der Waals surface area contributed by atoms with Gasteiger partial charge in [0.05, 0.1) is 17.2 Å². The van der Waals surface area contributed by atoms with Crippen LogP contribution in [0, 0.1) is 0 Å². The van der Waals surface area contributed by atoms with Crippen molar-refractivity contribution >= 4 is 23.5 Å². The number of carbonyl (C=O) groups is 3.